The summed E-state index contributed by atoms with van der Waals surface area (Å²) in [7, 11) is -3.05. The standard InChI is InChI=1S/C11H14F3NO2S/c1-18(16,17)6-5-15-8-9-3-2-4-10(7-9)11(12,13)14/h2-4,7,15H,5-6,8H2,1H3. The predicted octanol–water partition coefficient (Wildman–Crippen LogP) is 1.84. The Morgan fingerprint density at radius 2 is 1.94 bits per heavy atom. The molecule has 0 fully saturated rings. The van der Waals surface area contributed by atoms with Crippen LogP contribution in [0.3, 0.4) is 0 Å². The van der Waals surface area contributed by atoms with E-state index in [0.717, 1.165) is 18.4 Å². The maximum Gasteiger partial charge on any atom is 0.416 e. The molecule has 0 saturated heterocycles. The molecule has 0 spiro atoms. The summed E-state index contributed by atoms with van der Waals surface area (Å²) in [5.74, 6) is -0.0358. The van der Waals surface area contributed by atoms with Gasteiger partial charge in [0.15, 0.2) is 0 Å². The Hall–Kier alpha value is -1.08. The molecule has 0 aromatic heterocycles. The van der Waals surface area contributed by atoms with Crippen LogP contribution >= 0.6 is 0 Å². The monoisotopic (exact) mass is 281 g/mol. The van der Waals surface area contributed by atoms with E-state index in [4.69, 9.17) is 0 Å². The molecule has 0 saturated carbocycles. The van der Waals surface area contributed by atoms with E-state index in [0.29, 0.717) is 5.56 Å². The molecule has 1 aromatic rings. The Labute approximate surface area is 104 Å². The number of alkyl halides is 3. The average Bonchev–Trinajstić information content (AvgIpc) is 2.22. The van der Waals surface area contributed by atoms with Gasteiger partial charge in [-0.1, -0.05) is 18.2 Å². The molecule has 102 valence electrons. The van der Waals surface area contributed by atoms with Crippen molar-refractivity contribution in [3.63, 3.8) is 0 Å². The molecule has 0 heterocycles. The highest BCUT2D eigenvalue weighted by molar-refractivity contribution is 7.90. The van der Waals surface area contributed by atoms with Crippen molar-refractivity contribution in [3.05, 3.63) is 35.4 Å². The van der Waals surface area contributed by atoms with Gasteiger partial charge in [-0.25, -0.2) is 8.42 Å². The summed E-state index contributed by atoms with van der Waals surface area (Å²) in [6.07, 6.45) is -3.25. The van der Waals surface area contributed by atoms with Crippen LogP contribution in [0.25, 0.3) is 0 Å². The van der Waals surface area contributed by atoms with Crippen molar-refractivity contribution in [3.8, 4) is 0 Å². The first-order valence-corrected chi connectivity index (χ1v) is 7.29. The van der Waals surface area contributed by atoms with Crippen LogP contribution < -0.4 is 5.32 Å². The molecule has 7 heteroatoms. The Morgan fingerprint density at radius 3 is 2.50 bits per heavy atom. The topological polar surface area (TPSA) is 46.2 Å². The third kappa shape index (κ3) is 5.50. The Bertz CT molecular complexity index is 497. The number of sulfone groups is 1. The van der Waals surface area contributed by atoms with E-state index >= 15 is 0 Å². The molecule has 1 rings (SSSR count). The molecule has 3 nitrogen and oxygen atoms in total. The molecule has 0 amide bonds. The highest BCUT2D eigenvalue weighted by atomic mass is 32.2. The van der Waals surface area contributed by atoms with Crippen molar-refractivity contribution < 1.29 is 21.6 Å². The molecule has 18 heavy (non-hydrogen) atoms. The van der Waals surface area contributed by atoms with E-state index < -0.39 is 21.6 Å². The molecule has 0 atom stereocenters. The molecule has 0 aliphatic rings. The smallest absolute Gasteiger partial charge is 0.312 e. The maximum atomic E-state index is 12.4. The van der Waals surface area contributed by atoms with Gasteiger partial charge in [0.1, 0.15) is 9.84 Å². The first-order valence-electron chi connectivity index (χ1n) is 5.23. The van der Waals surface area contributed by atoms with Gasteiger partial charge in [0.05, 0.1) is 11.3 Å². The van der Waals surface area contributed by atoms with E-state index in [-0.39, 0.29) is 18.8 Å². The van der Waals surface area contributed by atoms with Gasteiger partial charge in [-0.3, -0.25) is 0 Å². The number of halogens is 3. The van der Waals surface area contributed by atoms with E-state index in [1.165, 1.54) is 6.07 Å². The first kappa shape index (κ1) is 15.0. The van der Waals surface area contributed by atoms with Gasteiger partial charge in [0.25, 0.3) is 0 Å². The minimum atomic E-state index is -4.36. The largest absolute Gasteiger partial charge is 0.416 e. The van der Waals surface area contributed by atoms with Crippen molar-refractivity contribution >= 4 is 9.84 Å². The predicted molar refractivity (Wildman–Crippen MR) is 62.9 cm³/mol. The van der Waals surface area contributed by atoms with Crippen LogP contribution in [0.15, 0.2) is 24.3 Å². The van der Waals surface area contributed by atoms with Crippen LogP contribution in [-0.2, 0) is 22.6 Å². The zero-order valence-electron chi connectivity index (χ0n) is 9.79. The summed E-state index contributed by atoms with van der Waals surface area (Å²) in [4.78, 5) is 0. The van der Waals surface area contributed by atoms with Crippen molar-refractivity contribution in [1.82, 2.24) is 5.32 Å². The number of nitrogens with one attached hydrogen (secondary N) is 1. The van der Waals surface area contributed by atoms with Crippen LogP contribution in [0, 0.1) is 0 Å². The molecular weight excluding hydrogens is 267 g/mol. The zero-order chi connectivity index (χ0) is 13.8. The second kappa shape index (κ2) is 5.71. The van der Waals surface area contributed by atoms with E-state index in [1.54, 1.807) is 6.07 Å². The van der Waals surface area contributed by atoms with E-state index in [1.807, 2.05) is 0 Å². The lowest BCUT2D eigenvalue weighted by Gasteiger charge is -2.09. The summed E-state index contributed by atoms with van der Waals surface area (Å²) >= 11 is 0. The van der Waals surface area contributed by atoms with E-state index in [2.05, 4.69) is 5.32 Å². The molecule has 0 aliphatic carbocycles. The van der Waals surface area contributed by atoms with Crippen LogP contribution in [0.1, 0.15) is 11.1 Å². The van der Waals surface area contributed by atoms with Crippen LogP contribution in [0.2, 0.25) is 0 Å². The lowest BCUT2D eigenvalue weighted by molar-refractivity contribution is -0.137. The molecule has 0 unspecified atom stereocenters. The third-order valence-corrected chi connectivity index (χ3v) is 3.18. The van der Waals surface area contributed by atoms with Crippen LogP contribution in [0.5, 0.6) is 0 Å². The van der Waals surface area contributed by atoms with Gasteiger partial charge in [-0.05, 0) is 11.6 Å². The highest BCUT2D eigenvalue weighted by Gasteiger charge is 2.30. The quantitative estimate of drug-likeness (QED) is 0.838. The number of rotatable bonds is 5. The van der Waals surface area contributed by atoms with E-state index in [9.17, 15) is 21.6 Å². The molecule has 0 radical (unpaired) electrons. The summed E-state index contributed by atoms with van der Waals surface area (Å²) in [5.41, 5.74) is -0.233. The summed E-state index contributed by atoms with van der Waals surface area (Å²) < 4.78 is 58.9. The maximum absolute atomic E-state index is 12.4. The number of hydrogen-bond donors (Lipinski definition) is 1. The SMILES string of the molecule is CS(=O)(=O)CCNCc1cccc(C(F)(F)F)c1. The minimum Gasteiger partial charge on any atom is -0.312 e. The summed E-state index contributed by atoms with van der Waals surface area (Å²) in [6.45, 7) is 0.425. The van der Waals surface area contributed by atoms with Crippen molar-refractivity contribution in [1.29, 1.82) is 0 Å². The summed E-state index contributed by atoms with van der Waals surface area (Å²) in [6, 6.07) is 4.94. The third-order valence-electron chi connectivity index (χ3n) is 2.23. The lowest BCUT2D eigenvalue weighted by atomic mass is 10.1. The first-order chi connectivity index (χ1) is 8.18. The van der Waals surface area contributed by atoms with Gasteiger partial charge < -0.3 is 5.32 Å². The van der Waals surface area contributed by atoms with Gasteiger partial charge in [-0.2, -0.15) is 13.2 Å². The highest BCUT2D eigenvalue weighted by Crippen LogP contribution is 2.29. The second-order valence-electron chi connectivity index (χ2n) is 4.00. The van der Waals surface area contributed by atoms with Crippen LogP contribution in [-0.4, -0.2) is 27.0 Å². The minimum absolute atomic E-state index is 0.0358. The fourth-order valence-corrected chi connectivity index (χ4v) is 1.86. The summed E-state index contributed by atoms with van der Waals surface area (Å²) in [5, 5.41) is 2.79. The normalized spacial score (nSPS) is 12.7. The second-order valence-corrected chi connectivity index (χ2v) is 6.26. The Kier molecular flexibility index (Phi) is 4.75. The fourth-order valence-electron chi connectivity index (χ4n) is 1.35. The Balaban J connectivity index is 2.53. The zero-order valence-corrected chi connectivity index (χ0v) is 10.6. The fraction of sp³-hybridized carbons (Fsp3) is 0.455. The molecular formula is C11H14F3NO2S. The average molecular weight is 281 g/mol. The number of hydrogen-bond acceptors (Lipinski definition) is 3. The number of benzene rings is 1. The van der Waals surface area contributed by atoms with Gasteiger partial charge in [0.2, 0.25) is 0 Å². The van der Waals surface area contributed by atoms with Gasteiger partial charge in [-0.15, -0.1) is 0 Å². The van der Waals surface area contributed by atoms with Gasteiger partial charge in [0, 0.05) is 19.3 Å². The van der Waals surface area contributed by atoms with Crippen LogP contribution in [0.4, 0.5) is 13.2 Å². The molecule has 1 aromatic carbocycles. The molecule has 0 aliphatic heterocycles. The van der Waals surface area contributed by atoms with Crippen molar-refractivity contribution in [2.75, 3.05) is 18.6 Å². The molecule has 1 N–H and O–H groups in total. The lowest BCUT2D eigenvalue weighted by Crippen LogP contribution is -2.22. The van der Waals surface area contributed by atoms with Crippen molar-refractivity contribution in [2.24, 2.45) is 0 Å². The van der Waals surface area contributed by atoms with Crippen molar-refractivity contribution in [2.45, 2.75) is 12.7 Å². The van der Waals surface area contributed by atoms with Gasteiger partial charge >= 0.3 is 6.18 Å². The molecule has 0 bridgehead atoms. The Morgan fingerprint density at radius 1 is 1.28 bits per heavy atom.